The second-order valence-electron chi connectivity index (χ2n) is 3.03. The molecule has 0 aromatic heterocycles. The van der Waals surface area contributed by atoms with Crippen molar-refractivity contribution in [1.82, 2.24) is 0 Å². The van der Waals surface area contributed by atoms with E-state index in [4.69, 9.17) is 40.1 Å². The van der Waals surface area contributed by atoms with Crippen LogP contribution in [0.2, 0.25) is 0 Å². The SMILES string of the molecule is NC(=O)C(N)C(N)C(N)C(N)(N)N. The van der Waals surface area contributed by atoms with Gasteiger partial charge in [-0.2, -0.15) is 0 Å². The van der Waals surface area contributed by atoms with Crippen LogP contribution in [0.5, 0.6) is 0 Å². The molecule has 0 radical (unpaired) electrons. The molecule has 3 unspecified atom stereocenters. The van der Waals surface area contributed by atoms with Crippen LogP contribution in [0.15, 0.2) is 0 Å². The first kappa shape index (κ1) is 12.2. The molecule has 0 bridgehead atoms. The molecule has 0 fully saturated rings. The number of nitrogens with two attached hydrogens (primary N) is 7. The molecule has 0 heterocycles. The molecule has 0 aromatic rings. The Morgan fingerprint density at radius 1 is 1.08 bits per heavy atom. The van der Waals surface area contributed by atoms with Gasteiger partial charge in [-0.15, -0.1) is 0 Å². The molecule has 8 nitrogen and oxygen atoms in total. The lowest BCUT2D eigenvalue weighted by Gasteiger charge is -2.32. The third-order valence-corrected chi connectivity index (χ3v) is 1.74. The van der Waals surface area contributed by atoms with Crippen LogP contribution in [0.25, 0.3) is 0 Å². The average molecular weight is 191 g/mol. The predicted molar refractivity (Wildman–Crippen MR) is 48.4 cm³/mol. The van der Waals surface area contributed by atoms with Gasteiger partial charge in [-0.25, -0.2) is 0 Å². The van der Waals surface area contributed by atoms with Gasteiger partial charge in [-0.3, -0.25) is 22.0 Å². The minimum atomic E-state index is -1.69. The van der Waals surface area contributed by atoms with Crippen LogP contribution < -0.4 is 40.1 Å². The first-order valence-electron chi connectivity index (χ1n) is 3.60. The summed E-state index contributed by atoms with van der Waals surface area (Å²) in [6.45, 7) is 0. The van der Waals surface area contributed by atoms with E-state index in [0.29, 0.717) is 0 Å². The Hall–Kier alpha value is -0.770. The molecular weight excluding hydrogens is 174 g/mol. The van der Waals surface area contributed by atoms with Crippen LogP contribution in [0.4, 0.5) is 0 Å². The Labute approximate surface area is 75.7 Å². The van der Waals surface area contributed by atoms with Gasteiger partial charge < -0.3 is 22.9 Å². The highest BCUT2D eigenvalue weighted by Gasteiger charge is 2.34. The predicted octanol–water partition coefficient (Wildman–Crippen LogP) is -5.02. The zero-order valence-corrected chi connectivity index (χ0v) is 7.18. The first-order valence-corrected chi connectivity index (χ1v) is 3.60. The lowest BCUT2D eigenvalue weighted by atomic mass is 9.97. The van der Waals surface area contributed by atoms with E-state index in [9.17, 15) is 4.79 Å². The van der Waals surface area contributed by atoms with Crippen LogP contribution >= 0.6 is 0 Å². The molecule has 0 aromatic carbocycles. The summed E-state index contributed by atoms with van der Waals surface area (Å²) in [6, 6.07) is -3.11. The molecule has 0 aliphatic heterocycles. The van der Waals surface area contributed by atoms with Crippen molar-refractivity contribution >= 4 is 5.91 Å². The summed E-state index contributed by atoms with van der Waals surface area (Å²) in [5, 5.41) is 0. The van der Waals surface area contributed by atoms with E-state index in [1.807, 2.05) is 0 Å². The second kappa shape index (κ2) is 3.96. The molecule has 0 saturated carbocycles. The highest BCUT2D eigenvalue weighted by molar-refractivity contribution is 5.80. The fraction of sp³-hybridized carbons (Fsp3) is 0.800. The van der Waals surface area contributed by atoms with Gasteiger partial charge in [0.25, 0.3) is 0 Å². The molecule has 3 atom stereocenters. The molecule has 0 rings (SSSR count). The number of carbonyl (C=O) groups excluding carboxylic acids is 1. The fourth-order valence-corrected chi connectivity index (χ4v) is 0.746. The quantitative estimate of drug-likeness (QED) is 0.215. The highest BCUT2D eigenvalue weighted by atomic mass is 16.1. The van der Waals surface area contributed by atoms with Crippen molar-refractivity contribution in [3.8, 4) is 0 Å². The van der Waals surface area contributed by atoms with Crippen molar-refractivity contribution in [1.29, 1.82) is 0 Å². The van der Waals surface area contributed by atoms with E-state index < -0.39 is 29.8 Å². The lowest BCUT2D eigenvalue weighted by Crippen LogP contribution is -2.76. The van der Waals surface area contributed by atoms with Gasteiger partial charge in [-0.1, -0.05) is 0 Å². The molecular formula is C5H17N7O. The number of hydrogen-bond acceptors (Lipinski definition) is 7. The largest absolute Gasteiger partial charge is 0.368 e. The number of amides is 1. The zero-order chi connectivity index (χ0) is 10.8. The Bertz CT molecular complexity index is 188. The highest BCUT2D eigenvalue weighted by Crippen LogP contribution is 1.97. The number of rotatable bonds is 4. The van der Waals surface area contributed by atoms with E-state index in [1.54, 1.807) is 0 Å². The van der Waals surface area contributed by atoms with E-state index in [0.717, 1.165) is 0 Å². The summed E-state index contributed by atoms with van der Waals surface area (Å²) < 4.78 is 0. The first-order chi connectivity index (χ1) is 5.68. The van der Waals surface area contributed by atoms with Gasteiger partial charge in [-0.05, 0) is 0 Å². The molecule has 1 amide bonds. The van der Waals surface area contributed by atoms with Gasteiger partial charge in [0, 0.05) is 6.04 Å². The normalized spacial score (nSPS) is 19.2. The van der Waals surface area contributed by atoms with Crippen LogP contribution in [-0.2, 0) is 4.79 Å². The number of carbonyl (C=O) groups is 1. The molecule has 8 heteroatoms. The lowest BCUT2D eigenvalue weighted by molar-refractivity contribution is -0.119. The fourth-order valence-electron chi connectivity index (χ4n) is 0.746. The van der Waals surface area contributed by atoms with Gasteiger partial charge in [0.15, 0.2) is 0 Å². The minimum absolute atomic E-state index is 0.785. The standard InChI is InChI=1S/C5H17N7O/c6-1(2(7)4(9)13)3(8)5(10,11)12/h1-3H,6-8,10-12H2,(H2,9,13). The third-order valence-electron chi connectivity index (χ3n) is 1.74. The Kier molecular flexibility index (Phi) is 3.72. The molecule has 0 aliphatic rings. The topological polar surface area (TPSA) is 199 Å². The van der Waals surface area contributed by atoms with Gasteiger partial charge in [0.1, 0.15) is 11.8 Å². The summed E-state index contributed by atoms with van der Waals surface area (Å²) in [4.78, 5) is 10.6. The maximum Gasteiger partial charge on any atom is 0.236 e. The number of primary amides is 1. The van der Waals surface area contributed by atoms with Crippen molar-refractivity contribution in [2.75, 3.05) is 0 Å². The van der Waals surface area contributed by atoms with E-state index >= 15 is 0 Å². The molecule has 14 N–H and O–H groups in total. The monoisotopic (exact) mass is 191 g/mol. The van der Waals surface area contributed by atoms with E-state index in [1.165, 1.54) is 0 Å². The van der Waals surface area contributed by atoms with Gasteiger partial charge in [0.2, 0.25) is 5.91 Å². The van der Waals surface area contributed by atoms with Crippen molar-refractivity contribution in [2.45, 2.75) is 23.9 Å². The molecule has 0 aliphatic carbocycles. The average Bonchev–Trinajstić information content (AvgIpc) is 1.98. The van der Waals surface area contributed by atoms with Crippen molar-refractivity contribution in [3.05, 3.63) is 0 Å². The van der Waals surface area contributed by atoms with Crippen molar-refractivity contribution in [3.63, 3.8) is 0 Å². The summed E-state index contributed by atoms with van der Waals surface area (Å²) >= 11 is 0. The van der Waals surface area contributed by atoms with E-state index in [2.05, 4.69) is 0 Å². The van der Waals surface area contributed by atoms with E-state index in [-0.39, 0.29) is 0 Å². The molecule has 78 valence electrons. The van der Waals surface area contributed by atoms with Crippen LogP contribution in [-0.4, -0.2) is 29.8 Å². The molecule has 0 saturated heterocycles. The molecule has 13 heavy (non-hydrogen) atoms. The van der Waals surface area contributed by atoms with Crippen LogP contribution in [0, 0.1) is 0 Å². The maximum atomic E-state index is 10.6. The zero-order valence-electron chi connectivity index (χ0n) is 7.18. The second-order valence-corrected chi connectivity index (χ2v) is 3.03. The van der Waals surface area contributed by atoms with Gasteiger partial charge >= 0.3 is 0 Å². The summed E-state index contributed by atoms with van der Waals surface area (Å²) in [7, 11) is 0. The summed E-state index contributed by atoms with van der Waals surface area (Å²) in [5.41, 5.74) is 36.9. The Balaban J connectivity index is 4.42. The van der Waals surface area contributed by atoms with Gasteiger partial charge in [0.05, 0.1) is 6.04 Å². The van der Waals surface area contributed by atoms with Crippen LogP contribution in [0.1, 0.15) is 0 Å². The summed E-state index contributed by atoms with van der Waals surface area (Å²) in [5.74, 6) is -2.47. The minimum Gasteiger partial charge on any atom is -0.368 e. The Morgan fingerprint density at radius 2 is 1.46 bits per heavy atom. The smallest absolute Gasteiger partial charge is 0.236 e. The maximum absolute atomic E-state index is 10.6. The Morgan fingerprint density at radius 3 is 1.69 bits per heavy atom. The number of hydrogen-bond donors (Lipinski definition) is 7. The van der Waals surface area contributed by atoms with Crippen molar-refractivity contribution in [2.24, 2.45) is 40.1 Å². The summed E-state index contributed by atoms with van der Waals surface area (Å²) in [6.07, 6.45) is 0. The molecule has 0 spiro atoms. The van der Waals surface area contributed by atoms with Crippen LogP contribution in [0.3, 0.4) is 0 Å². The third kappa shape index (κ3) is 3.22. The van der Waals surface area contributed by atoms with Crippen molar-refractivity contribution < 1.29 is 4.79 Å².